The number of barbiturate groups is 1. The molecule has 2 fully saturated rings. The highest BCUT2D eigenvalue weighted by Crippen LogP contribution is 2.28. The van der Waals surface area contributed by atoms with Gasteiger partial charge in [-0.05, 0) is 44.0 Å². The Morgan fingerprint density at radius 2 is 1.87 bits per heavy atom. The number of hydrogen-bond acceptors (Lipinski definition) is 5. The molecule has 1 aliphatic heterocycles. The van der Waals surface area contributed by atoms with E-state index in [1.807, 2.05) is 6.07 Å². The molecule has 7 nitrogen and oxygen atoms in total. The number of furan rings is 1. The van der Waals surface area contributed by atoms with Crippen LogP contribution in [0.4, 0.5) is 4.79 Å². The van der Waals surface area contributed by atoms with E-state index in [1.165, 1.54) is 17.9 Å². The molecule has 0 unspecified atom stereocenters. The van der Waals surface area contributed by atoms with Crippen molar-refractivity contribution in [2.24, 2.45) is 0 Å². The van der Waals surface area contributed by atoms with Crippen molar-refractivity contribution in [3.63, 3.8) is 0 Å². The maximum atomic E-state index is 12.9. The molecule has 0 atom stereocenters. The topological polar surface area (TPSA) is 96.7 Å². The number of carbonyl (C=O) groups is 4. The summed E-state index contributed by atoms with van der Waals surface area (Å²) in [4.78, 5) is 50.3. The summed E-state index contributed by atoms with van der Waals surface area (Å²) >= 11 is 0. The summed E-state index contributed by atoms with van der Waals surface area (Å²) in [6, 6.07) is 9.52. The van der Waals surface area contributed by atoms with E-state index < -0.39 is 17.8 Å². The Morgan fingerprint density at radius 1 is 1.10 bits per heavy atom. The van der Waals surface area contributed by atoms with Gasteiger partial charge in [-0.15, -0.1) is 0 Å². The molecule has 2 heterocycles. The molecule has 1 aromatic carbocycles. The molecule has 4 amide bonds. The summed E-state index contributed by atoms with van der Waals surface area (Å²) in [6.07, 6.45) is 5.85. The normalized spacial score (nSPS) is 19.3. The van der Waals surface area contributed by atoms with Gasteiger partial charge in [0.2, 0.25) is 0 Å². The second-order valence-corrected chi connectivity index (χ2v) is 7.62. The number of hydrogen-bond donors (Lipinski definition) is 1. The number of carbonyl (C=O) groups excluding carboxylic acids is 4. The quantitative estimate of drug-likeness (QED) is 0.471. The Labute approximate surface area is 173 Å². The third-order valence-electron chi connectivity index (χ3n) is 5.54. The highest BCUT2D eigenvalue weighted by atomic mass is 16.3. The summed E-state index contributed by atoms with van der Waals surface area (Å²) in [5, 5.41) is 2.27. The van der Waals surface area contributed by atoms with Gasteiger partial charge in [-0.3, -0.25) is 24.6 Å². The standard InChI is InChI=1S/C23H22N2O5/c1-14(26)15-6-5-7-16(12-15)20-11-10-18(30-20)13-19-21(27)24-23(29)25(22(19)28)17-8-3-2-4-9-17/h5-7,10-13,17H,2-4,8-9H2,1H3,(H,24,27,29). The molecule has 0 spiro atoms. The van der Waals surface area contributed by atoms with Crippen LogP contribution in [0.3, 0.4) is 0 Å². The van der Waals surface area contributed by atoms with E-state index >= 15 is 0 Å². The Balaban J connectivity index is 1.61. The number of nitrogens with zero attached hydrogens (tertiary/aromatic N) is 1. The van der Waals surface area contributed by atoms with Crippen LogP contribution in [0.2, 0.25) is 0 Å². The van der Waals surface area contributed by atoms with Crippen molar-refractivity contribution in [2.75, 3.05) is 0 Å². The maximum absolute atomic E-state index is 12.9. The SMILES string of the molecule is CC(=O)c1cccc(-c2ccc(C=C3C(=O)NC(=O)N(C4CCCCC4)C3=O)o2)c1. The molecule has 1 saturated carbocycles. The smallest absolute Gasteiger partial charge is 0.331 e. The predicted octanol–water partition coefficient (Wildman–Crippen LogP) is 3.94. The molecular weight excluding hydrogens is 384 g/mol. The summed E-state index contributed by atoms with van der Waals surface area (Å²) in [6.45, 7) is 1.49. The Bertz CT molecular complexity index is 1060. The van der Waals surface area contributed by atoms with Gasteiger partial charge in [-0.1, -0.05) is 37.5 Å². The molecule has 1 saturated heterocycles. The second kappa shape index (κ2) is 8.10. The molecule has 1 aliphatic carbocycles. The van der Waals surface area contributed by atoms with Gasteiger partial charge in [-0.25, -0.2) is 4.79 Å². The van der Waals surface area contributed by atoms with E-state index in [9.17, 15) is 19.2 Å². The van der Waals surface area contributed by atoms with Gasteiger partial charge in [0.15, 0.2) is 5.78 Å². The fourth-order valence-corrected chi connectivity index (χ4v) is 3.96. The Hall–Kier alpha value is -3.48. The van der Waals surface area contributed by atoms with Gasteiger partial charge in [0, 0.05) is 17.2 Å². The van der Waals surface area contributed by atoms with Crippen molar-refractivity contribution in [3.05, 3.63) is 53.3 Å². The Morgan fingerprint density at radius 3 is 2.60 bits per heavy atom. The molecule has 30 heavy (non-hydrogen) atoms. The molecule has 2 aromatic rings. The summed E-state index contributed by atoms with van der Waals surface area (Å²) in [5.41, 5.74) is 1.15. The number of Topliss-reactive ketones (excluding diaryl/α,β-unsaturated/α-hetero) is 1. The average Bonchev–Trinajstić information content (AvgIpc) is 3.21. The lowest BCUT2D eigenvalue weighted by Crippen LogP contribution is -2.58. The monoisotopic (exact) mass is 406 g/mol. The van der Waals surface area contributed by atoms with Gasteiger partial charge < -0.3 is 4.42 Å². The lowest BCUT2D eigenvalue weighted by molar-refractivity contribution is -0.132. The van der Waals surface area contributed by atoms with E-state index in [0.29, 0.717) is 22.6 Å². The first-order chi connectivity index (χ1) is 14.4. The zero-order valence-corrected chi connectivity index (χ0v) is 16.6. The van der Waals surface area contributed by atoms with Crippen LogP contribution in [0.1, 0.15) is 55.1 Å². The number of amides is 4. The first kappa shape index (κ1) is 19.8. The molecule has 2 aliphatic rings. The van der Waals surface area contributed by atoms with Gasteiger partial charge in [0.05, 0.1) is 0 Å². The van der Waals surface area contributed by atoms with Crippen molar-refractivity contribution in [2.45, 2.75) is 45.1 Å². The number of rotatable bonds is 4. The van der Waals surface area contributed by atoms with Crippen molar-refractivity contribution >= 4 is 29.7 Å². The zero-order valence-electron chi connectivity index (χ0n) is 16.6. The van der Waals surface area contributed by atoms with E-state index in [0.717, 1.165) is 32.1 Å². The van der Waals surface area contributed by atoms with Crippen LogP contribution in [-0.2, 0) is 9.59 Å². The van der Waals surface area contributed by atoms with Crippen LogP contribution in [0, 0.1) is 0 Å². The molecule has 0 radical (unpaired) electrons. The van der Waals surface area contributed by atoms with Crippen LogP contribution in [0.5, 0.6) is 0 Å². The van der Waals surface area contributed by atoms with E-state index in [-0.39, 0.29) is 17.4 Å². The average molecular weight is 406 g/mol. The third-order valence-corrected chi connectivity index (χ3v) is 5.54. The fraction of sp³-hybridized carbons (Fsp3) is 0.304. The summed E-state index contributed by atoms with van der Waals surface area (Å²) in [7, 11) is 0. The van der Waals surface area contributed by atoms with Crippen molar-refractivity contribution in [3.8, 4) is 11.3 Å². The van der Waals surface area contributed by atoms with Gasteiger partial charge in [0.25, 0.3) is 11.8 Å². The predicted molar refractivity (Wildman–Crippen MR) is 109 cm³/mol. The largest absolute Gasteiger partial charge is 0.457 e. The van der Waals surface area contributed by atoms with Crippen molar-refractivity contribution < 1.29 is 23.6 Å². The Kier molecular flexibility index (Phi) is 5.35. The molecule has 7 heteroatoms. The van der Waals surface area contributed by atoms with Crippen molar-refractivity contribution in [1.82, 2.24) is 10.2 Å². The van der Waals surface area contributed by atoms with E-state index in [2.05, 4.69) is 5.32 Å². The lowest BCUT2D eigenvalue weighted by atomic mass is 9.93. The molecule has 0 bridgehead atoms. The molecule has 154 valence electrons. The molecule has 4 rings (SSSR count). The molecular formula is C23H22N2O5. The maximum Gasteiger partial charge on any atom is 0.331 e. The molecule has 1 aromatic heterocycles. The summed E-state index contributed by atoms with van der Waals surface area (Å²) < 4.78 is 5.79. The van der Waals surface area contributed by atoms with Crippen LogP contribution < -0.4 is 5.32 Å². The number of ketones is 1. The minimum atomic E-state index is -0.728. The van der Waals surface area contributed by atoms with E-state index in [4.69, 9.17) is 4.42 Å². The number of imide groups is 2. The van der Waals surface area contributed by atoms with Crippen LogP contribution in [0.25, 0.3) is 17.4 Å². The van der Waals surface area contributed by atoms with Gasteiger partial charge >= 0.3 is 6.03 Å². The first-order valence-corrected chi connectivity index (χ1v) is 10.1. The second-order valence-electron chi connectivity index (χ2n) is 7.62. The van der Waals surface area contributed by atoms with Crippen molar-refractivity contribution in [1.29, 1.82) is 0 Å². The zero-order chi connectivity index (χ0) is 21.3. The fourth-order valence-electron chi connectivity index (χ4n) is 3.96. The van der Waals surface area contributed by atoms with E-state index in [1.54, 1.807) is 30.3 Å². The van der Waals surface area contributed by atoms with Crippen LogP contribution in [-0.4, -0.2) is 34.6 Å². The van der Waals surface area contributed by atoms with Gasteiger partial charge in [0.1, 0.15) is 17.1 Å². The highest BCUT2D eigenvalue weighted by Gasteiger charge is 2.40. The summed E-state index contributed by atoms with van der Waals surface area (Å²) in [5.74, 6) is -0.549. The number of benzene rings is 1. The first-order valence-electron chi connectivity index (χ1n) is 10.1. The number of urea groups is 1. The third kappa shape index (κ3) is 3.83. The van der Waals surface area contributed by atoms with Crippen LogP contribution in [0.15, 0.2) is 46.4 Å². The van der Waals surface area contributed by atoms with Gasteiger partial charge in [-0.2, -0.15) is 0 Å². The minimum absolute atomic E-state index is 0.0531. The molecule has 1 N–H and O–H groups in total. The minimum Gasteiger partial charge on any atom is -0.457 e. The number of nitrogens with one attached hydrogen (secondary N) is 1. The lowest BCUT2D eigenvalue weighted by Gasteiger charge is -2.35. The van der Waals surface area contributed by atoms with Crippen LogP contribution >= 0.6 is 0 Å². The highest BCUT2D eigenvalue weighted by molar-refractivity contribution is 6.31.